The molecule has 0 aliphatic rings. The van der Waals surface area contributed by atoms with Crippen LogP contribution in [0.15, 0.2) is 48.8 Å². The summed E-state index contributed by atoms with van der Waals surface area (Å²) in [6, 6.07) is 10.2. The third-order valence-electron chi connectivity index (χ3n) is 3.64. The number of fused-ring (bicyclic) bond motifs is 1. The van der Waals surface area contributed by atoms with E-state index >= 15 is 0 Å². The summed E-state index contributed by atoms with van der Waals surface area (Å²) in [5.41, 5.74) is 1.89. The van der Waals surface area contributed by atoms with E-state index in [2.05, 4.69) is 10.3 Å². The number of carbonyl (C=O) groups is 1. The molecule has 0 saturated carbocycles. The van der Waals surface area contributed by atoms with Crippen LogP contribution in [0.2, 0.25) is 0 Å². The molecule has 1 amide bonds. The number of benzene rings is 2. The van der Waals surface area contributed by atoms with Crippen LogP contribution < -0.4 is 5.32 Å². The van der Waals surface area contributed by atoms with Gasteiger partial charge in [0.05, 0.1) is 22.9 Å². The second kappa shape index (κ2) is 5.99. The molecule has 4 nitrogen and oxygen atoms in total. The molecule has 0 atom stereocenters. The van der Waals surface area contributed by atoms with Crippen LogP contribution in [0.25, 0.3) is 11.0 Å². The van der Waals surface area contributed by atoms with E-state index in [1.54, 1.807) is 10.9 Å². The lowest BCUT2D eigenvalue weighted by atomic mass is 10.2. The number of para-hydroxylation sites is 1. The minimum Gasteiger partial charge on any atom is -0.325 e. The molecule has 124 valence electrons. The van der Waals surface area contributed by atoms with Crippen molar-refractivity contribution < 1.29 is 18.0 Å². The number of carbonyl (C=O) groups excluding carboxylic acids is 1. The van der Waals surface area contributed by atoms with Gasteiger partial charge in [-0.2, -0.15) is 13.2 Å². The number of hydrogen-bond donors (Lipinski definition) is 1. The first-order valence-corrected chi connectivity index (χ1v) is 7.22. The number of nitrogens with one attached hydrogen (secondary N) is 1. The van der Waals surface area contributed by atoms with Crippen LogP contribution in [0.4, 0.5) is 18.9 Å². The average molecular weight is 333 g/mol. The fourth-order valence-corrected chi connectivity index (χ4v) is 2.49. The van der Waals surface area contributed by atoms with Gasteiger partial charge in [0, 0.05) is 5.69 Å². The molecule has 1 aromatic heterocycles. The Hall–Kier alpha value is -2.83. The summed E-state index contributed by atoms with van der Waals surface area (Å²) < 4.78 is 39.8. The smallest absolute Gasteiger partial charge is 0.325 e. The summed E-state index contributed by atoms with van der Waals surface area (Å²) in [5, 5.41) is 2.48. The first-order chi connectivity index (χ1) is 11.3. The normalized spacial score (nSPS) is 11.7. The van der Waals surface area contributed by atoms with Crippen LogP contribution >= 0.6 is 0 Å². The molecule has 3 rings (SSSR count). The van der Waals surface area contributed by atoms with Gasteiger partial charge in [0.2, 0.25) is 5.91 Å². The van der Waals surface area contributed by atoms with Crippen molar-refractivity contribution in [1.82, 2.24) is 9.55 Å². The lowest BCUT2D eigenvalue weighted by molar-refractivity contribution is -0.137. The quantitative estimate of drug-likeness (QED) is 0.787. The highest BCUT2D eigenvalue weighted by Crippen LogP contribution is 2.30. The zero-order chi connectivity index (χ0) is 17.3. The predicted molar refractivity (Wildman–Crippen MR) is 84.5 cm³/mol. The Morgan fingerprint density at radius 2 is 1.96 bits per heavy atom. The number of aromatic nitrogens is 2. The highest BCUT2D eigenvalue weighted by Gasteiger charge is 2.30. The van der Waals surface area contributed by atoms with E-state index in [0.29, 0.717) is 0 Å². The van der Waals surface area contributed by atoms with Gasteiger partial charge < -0.3 is 9.88 Å². The fraction of sp³-hybridized carbons (Fsp3) is 0.176. The molecular weight excluding hydrogens is 319 g/mol. The van der Waals surface area contributed by atoms with E-state index in [9.17, 15) is 18.0 Å². The largest absolute Gasteiger partial charge is 0.416 e. The highest BCUT2D eigenvalue weighted by atomic mass is 19.4. The standard InChI is InChI=1S/C17H14F3N3O/c1-11-4-2-7-14-16(11)21-10-23(14)9-15(24)22-13-6-3-5-12(8-13)17(18,19)20/h2-8,10H,9H2,1H3,(H,22,24). The summed E-state index contributed by atoms with van der Waals surface area (Å²) in [5.74, 6) is -0.421. The second-order valence-electron chi connectivity index (χ2n) is 5.44. The van der Waals surface area contributed by atoms with Gasteiger partial charge in [0.15, 0.2) is 0 Å². The van der Waals surface area contributed by atoms with Gasteiger partial charge in [0.1, 0.15) is 6.54 Å². The molecule has 0 saturated heterocycles. The molecule has 1 N–H and O–H groups in total. The minimum absolute atomic E-state index is 0.0315. The van der Waals surface area contributed by atoms with E-state index in [1.165, 1.54) is 12.1 Å². The molecular formula is C17H14F3N3O. The Kier molecular flexibility index (Phi) is 4.01. The molecule has 0 spiro atoms. The van der Waals surface area contributed by atoms with Crippen molar-refractivity contribution in [2.24, 2.45) is 0 Å². The number of rotatable bonds is 3. The number of nitrogens with zero attached hydrogens (tertiary/aromatic N) is 2. The van der Waals surface area contributed by atoms with E-state index in [1.807, 2.05) is 25.1 Å². The van der Waals surface area contributed by atoms with Crippen LogP contribution in [-0.4, -0.2) is 15.5 Å². The van der Waals surface area contributed by atoms with Crippen LogP contribution in [-0.2, 0) is 17.5 Å². The Morgan fingerprint density at radius 1 is 1.21 bits per heavy atom. The van der Waals surface area contributed by atoms with Crippen molar-refractivity contribution in [1.29, 1.82) is 0 Å². The maximum absolute atomic E-state index is 12.7. The molecule has 1 heterocycles. The minimum atomic E-state index is -4.45. The van der Waals surface area contributed by atoms with Gasteiger partial charge in [-0.05, 0) is 36.8 Å². The lowest BCUT2D eigenvalue weighted by Crippen LogP contribution is -2.18. The zero-order valence-electron chi connectivity index (χ0n) is 12.8. The first-order valence-electron chi connectivity index (χ1n) is 7.22. The number of aryl methyl sites for hydroxylation is 1. The predicted octanol–water partition coefficient (Wildman–Crippen LogP) is 4.00. The van der Waals surface area contributed by atoms with Crippen molar-refractivity contribution >= 4 is 22.6 Å². The average Bonchev–Trinajstić information content (AvgIpc) is 2.91. The number of hydrogen-bond acceptors (Lipinski definition) is 2. The second-order valence-corrected chi connectivity index (χ2v) is 5.44. The van der Waals surface area contributed by atoms with Crippen LogP contribution in [0.3, 0.4) is 0 Å². The van der Waals surface area contributed by atoms with E-state index in [4.69, 9.17) is 0 Å². The Morgan fingerprint density at radius 3 is 2.71 bits per heavy atom. The topological polar surface area (TPSA) is 46.9 Å². The third-order valence-corrected chi connectivity index (χ3v) is 3.64. The van der Waals surface area contributed by atoms with Gasteiger partial charge >= 0.3 is 6.18 Å². The first kappa shape index (κ1) is 16.0. The molecule has 24 heavy (non-hydrogen) atoms. The Labute approximate surface area is 135 Å². The number of amides is 1. The molecule has 0 aliphatic heterocycles. The summed E-state index contributed by atoms with van der Waals surface area (Å²) in [7, 11) is 0. The Bertz CT molecular complexity index is 899. The monoisotopic (exact) mass is 333 g/mol. The molecule has 2 aromatic carbocycles. The number of alkyl halides is 3. The van der Waals surface area contributed by atoms with E-state index in [-0.39, 0.29) is 12.2 Å². The van der Waals surface area contributed by atoms with Gasteiger partial charge in [0.25, 0.3) is 0 Å². The van der Waals surface area contributed by atoms with E-state index in [0.717, 1.165) is 28.7 Å². The molecule has 0 unspecified atom stereocenters. The van der Waals surface area contributed by atoms with Crippen molar-refractivity contribution in [2.45, 2.75) is 19.6 Å². The maximum atomic E-state index is 12.7. The lowest BCUT2D eigenvalue weighted by Gasteiger charge is -2.10. The van der Waals surface area contributed by atoms with Crippen molar-refractivity contribution in [3.05, 3.63) is 59.9 Å². The van der Waals surface area contributed by atoms with Crippen molar-refractivity contribution in [3.63, 3.8) is 0 Å². The highest BCUT2D eigenvalue weighted by molar-refractivity contribution is 5.91. The third kappa shape index (κ3) is 3.24. The van der Waals surface area contributed by atoms with Crippen LogP contribution in [0, 0.1) is 6.92 Å². The fourth-order valence-electron chi connectivity index (χ4n) is 2.49. The van der Waals surface area contributed by atoms with E-state index < -0.39 is 17.6 Å². The zero-order valence-corrected chi connectivity index (χ0v) is 12.8. The van der Waals surface area contributed by atoms with Crippen LogP contribution in [0.5, 0.6) is 0 Å². The summed E-state index contributed by atoms with van der Waals surface area (Å²) in [4.78, 5) is 16.4. The van der Waals surface area contributed by atoms with Crippen molar-refractivity contribution in [3.8, 4) is 0 Å². The van der Waals surface area contributed by atoms with Gasteiger partial charge in [-0.3, -0.25) is 4.79 Å². The maximum Gasteiger partial charge on any atom is 0.416 e. The summed E-state index contributed by atoms with van der Waals surface area (Å²) in [6.07, 6.45) is -2.90. The van der Waals surface area contributed by atoms with Gasteiger partial charge in [-0.15, -0.1) is 0 Å². The molecule has 0 bridgehead atoms. The molecule has 7 heteroatoms. The number of halogens is 3. The SMILES string of the molecule is Cc1cccc2c1ncn2CC(=O)Nc1cccc(C(F)(F)F)c1. The summed E-state index contributed by atoms with van der Waals surface area (Å²) in [6.45, 7) is 1.89. The molecule has 3 aromatic rings. The number of imidazole rings is 1. The Balaban J connectivity index is 1.77. The molecule has 0 aliphatic carbocycles. The van der Waals surface area contributed by atoms with Gasteiger partial charge in [-0.25, -0.2) is 4.98 Å². The molecule has 0 fully saturated rings. The number of anilines is 1. The molecule has 0 radical (unpaired) electrons. The van der Waals surface area contributed by atoms with Gasteiger partial charge in [-0.1, -0.05) is 18.2 Å². The van der Waals surface area contributed by atoms with Crippen LogP contribution in [0.1, 0.15) is 11.1 Å². The summed E-state index contributed by atoms with van der Waals surface area (Å²) >= 11 is 0. The van der Waals surface area contributed by atoms with Crippen molar-refractivity contribution in [2.75, 3.05) is 5.32 Å².